The number of hydrogen-bond acceptors (Lipinski definition) is 7. The van der Waals surface area contributed by atoms with Gasteiger partial charge in [0.1, 0.15) is 12.2 Å². The molecule has 1 amide bonds. The lowest BCUT2D eigenvalue weighted by Crippen LogP contribution is -2.60. The van der Waals surface area contributed by atoms with Crippen LogP contribution >= 0.6 is 0 Å². The van der Waals surface area contributed by atoms with E-state index in [1.807, 2.05) is 6.92 Å². The third-order valence-corrected chi connectivity index (χ3v) is 16.0. The van der Waals surface area contributed by atoms with E-state index < -0.39 is 29.8 Å². The van der Waals surface area contributed by atoms with Crippen molar-refractivity contribution in [2.75, 3.05) is 32.8 Å². The van der Waals surface area contributed by atoms with Crippen LogP contribution in [0.15, 0.2) is 0 Å². The van der Waals surface area contributed by atoms with E-state index in [4.69, 9.17) is 14.2 Å². The van der Waals surface area contributed by atoms with Crippen molar-refractivity contribution in [2.24, 2.45) is 50.7 Å². The van der Waals surface area contributed by atoms with Crippen LogP contribution in [0.4, 0.5) is 13.6 Å². The molecule has 0 aromatic rings. The molecule has 13 atom stereocenters. The standard InChI is InChI=1S/C38H62F2N2O6/c1-9-46-30(33(5,6)45)23-18-22(2)27-28(47-23)29(43)35(8)25-11-10-24-32(3,4)26(48-31(44)41-16-17-42-20-38(39,40)21-42)12-13-36(24)19-37(25,36)15-14-34(27,35)7/h22-30,43,45H,9-21H2,1-8H3,(H,41,44)/t22-,23?,24+,25?,26+,27+,28?,29+,30+,34-,35-,36-,37+/m1/s1. The van der Waals surface area contributed by atoms with Crippen LogP contribution < -0.4 is 5.32 Å². The van der Waals surface area contributed by atoms with E-state index in [1.165, 1.54) is 12.8 Å². The normalized spacial score (nSPS) is 49.2. The summed E-state index contributed by atoms with van der Waals surface area (Å²) in [6.07, 6.45) is 6.00. The first-order chi connectivity index (χ1) is 22.3. The summed E-state index contributed by atoms with van der Waals surface area (Å²) >= 11 is 0. The van der Waals surface area contributed by atoms with E-state index in [0.29, 0.717) is 37.5 Å². The van der Waals surface area contributed by atoms with Gasteiger partial charge in [0.15, 0.2) is 0 Å². The van der Waals surface area contributed by atoms with E-state index >= 15 is 0 Å². The molecule has 7 aliphatic rings. The number of aliphatic hydroxyl groups is 2. The van der Waals surface area contributed by atoms with Gasteiger partial charge in [-0.3, -0.25) is 4.90 Å². The Kier molecular flexibility index (Phi) is 8.26. The van der Waals surface area contributed by atoms with E-state index in [0.717, 1.165) is 38.5 Å². The number of nitrogens with zero attached hydrogens (tertiary/aromatic N) is 1. The Hall–Kier alpha value is -1.07. The molecule has 2 saturated heterocycles. The number of halogens is 2. The summed E-state index contributed by atoms with van der Waals surface area (Å²) in [7, 11) is 0. The molecule has 7 fully saturated rings. The Morgan fingerprint density at radius 1 is 1.06 bits per heavy atom. The summed E-state index contributed by atoms with van der Waals surface area (Å²) in [6, 6.07) is 0. The van der Waals surface area contributed by atoms with E-state index in [1.54, 1.807) is 18.7 Å². The second kappa shape index (κ2) is 11.2. The quantitative estimate of drug-likeness (QED) is 0.288. The first-order valence-electron chi connectivity index (χ1n) is 19.0. The van der Waals surface area contributed by atoms with Crippen LogP contribution in [0.25, 0.3) is 0 Å². The smallest absolute Gasteiger partial charge is 0.407 e. The fraction of sp³-hybridized carbons (Fsp3) is 0.974. The molecule has 7 rings (SSSR count). The zero-order valence-electron chi connectivity index (χ0n) is 30.6. The molecular formula is C38H62F2N2O6. The van der Waals surface area contributed by atoms with Crippen molar-refractivity contribution >= 4 is 6.09 Å². The van der Waals surface area contributed by atoms with E-state index in [2.05, 4.69) is 39.9 Å². The number of fused-ring (bicyclic) bond motifs is 4. The van der Waals surface area contributed by atoms with Gasteiger partial charge in [-0.15, -0.1) is 0 Å². The van der Waals surface area contributed by atoms with Crippen molar-refractivity contribution in [1.29, 1.82) is 0 Å². The van der Waals surface area contributed by atoms with Crippen LogP contribution in [0.2, 0.25) is 0 Å². The molecule has 2 heterocycles. The number of carbonyl (C=O) groups excluding carboxylic acids is 1. The lowest BCUT2D eigenvalue weighted by Gasteiger charge is -2.63. The maximum absolute atomic E-state index is 13.2. The summed E-state index contributed by atoms with van der Waals surface area (Å²) in [6.45, 7) is 18.0. The van der Waals surface area contributed by atoms with Crippen LogP contribution in [0.1, 0.15) is 107 Å². The Labute approximate surface area is 286 Å². The topological polar surface area (TPSA) is 100 Å². The van der Waals surface area contributed by atoms with Crippen LogP contribution in [0.5, 0.6) is 0 Å². The van der Waals surface area contributed by atoms with Gasteiger partial charge >= 0.3 is 6.09 Å². The molecule has 5 saturated carbocycles. The van der Waals surface area contributed by atoms with Crippen LogP contribution in [-0.2, 0) is 14.2 Å². The number of likely N-dealkylation sites (tertiary alicyclic amines) is 1. The summed E-state index contributed by atoms with van der Waals surface area (Å²) in [5.74, 6) is -1.19. The minimum absolute atomic E-state index is 0.0519. The second-order valence-electron chi connectivity index (χ2n) is 19.0. The maximum atomic E-state index is 13.2. The molecule has 3 unspecified atom stereocenters. The van der Waals surface area contributed by atoms with Crippen LogP contribution in [0, 0.1) is 50.7 Å². The first-order valence-corrected chi connectivity index (χ1v) is 19.0. The summed E-state index contributed by atoms with van der Waals surface area (Å²) < 4.78 is 45.4. The Balaban J connectivity index is 1.07. The highest BCUT2D eigenvalue weighted by Gasteiger charge is 2.84. The van der Waals surface area contributed by atoms with Gasteiger partial charge < -0.3 is 29.7 Å². The second-order valence-corrected chi connectivity index (χ2v) is 19.0. The summed E-state index contributed by atoms with van der Waals surface area (Å²) in [4.78, 5) is 14.5. The highest BCUT2D eigenvalue weighted by molar-refractivity contribution is 5.67. The number of amides is 1. The molecule has 3 N–H and O–H groups in total. The summed E-state index contributed by atoms with van der Waals surface area (Å²) in [5, 5.41) is 26.4. The highest BCUT2D eigenvalue weighted by Crippen LogP contribution is 2.89. The monoisotopic (exact) mass is 680 g/mol. The van der Waals surface area contributed by atoms with Gasteiger partial charge in [-0.2, -0.15) is 0 Å². The van der Waals surface area contributed by atoms with Gasteiger partial charge in [-0.05, 0) is 112 Å². The van der Waals surface area contributed by atoms with Gasteiger partial charge in [0, 0.05) is 30.5 Å². The van der Waals surface area contributed by atoms with Gasteiger partial charge in [0.25, 0.3) is 5.92 Å². The molecule has 10 heteroatoms. The molecule has 0 bridgehead atoms. The zero-order chi connectivity index (χ0) is 34.9. The third-order valence-electron chi connectivity index (χ3n) is 16.0. The van der Waals surface area contributed by atoms with Gasteiger partial charge in [-0.1, -0.05) is 34.6 Å². The predicted molar refractivity (Wildman–Crippen MR) is 177 cm³/mol. The number of nitrogens with one attached hydrogen (secondary N) is 1. The molecule has 2 spiro atoms. The molecule has 0 aromatic heterocycles. The fourth-order valence-electron chi connectivity index (χ4n) is 13.9. The summed E-state index contributed by atoms with van der Waals surface area (Å²) in [5.41, 5.74) is -1.19. The minimum Gasteiger partial charge on any atom is -0.446 e. The van der Waals surface area contributed by atoms with Crippen molar-refractivity contribution < 1.29 is 38.0 Å². The molecule has 0 radical (unpaired) electrons. The fourth-order valence-corrected chi connectivity index (χ4v) is 13.9. The number of aliphatic hydroxyl groups excluding tert-OH is 1. The van der Waals surface area contributed by atoms with Crippen molar-refractivity contribution in [3.63, 3.8) is 0 Å². The minimum atomic E-state index is -2.61. The molecular weight excluding hydrogens is 618 g/mol. The number of hydrogen-bond donors (Lipinski definition) is 3. The van der Waals surface area contributed by atoms with Crippen LogP contribution in [0.3, 0.4) is 0 Å². The Bertz CT molecular complexity index is 1270. The predicted octanol–water partition coefficient (Wildman–Crippen LogP) is 6.02. The number of rotatable bonds is 8. The average molecular weight is 681 g/mol. The van der Waals surface area contributed by atoms with Gasteiger partial charge in [0.05, 0.1) is 37.0 Å². The van der Waals surface area contributed by atoms with E-state index in [-0.39, 0.29) is 64.4 Å². The SMILES string of the molecule is CCO[C@@H](C1C[C@@H](C)[C@H]2C(O1)[C@H](O)[C@@]1(C)C3CC[C@H]4C(C)(C)[C@@H](OC(=O)NCCN5CC(F)(F)C5)CC[C@@]45C[C@@]35CC[C@]21C)C(C)(C)O. The van der Waals surface area contributed by atoms with Crippen LogP contribution in [-0.4, -0.2) is 96.0 Å². The lowest BCUT2D eigenvalue weighted by atomic mass is 9.41. The van der Waals surface area contributed by atoms with Gasteiger partial charge in [0.2, 0.25) is 0 Å². The highest BCUT2D eigenvalue weighted by atomic mass is 19.3. The average Bonchev–Trinajstić information content (AvgIpc) is 3.60. The number of carbonyl (C=O) groups is 1. The molecule has 8 nitrogen and oxygen atoms in total. The number of alkyl carbamates (subject to hydrolysis) is 1. The van der Waals surface area contributed by atoms with E-state index in [9.17, 15) is 23.8 Å². The molecule has 5 aliphatic carbocycles. The maximum Gasteiger partial charge on any atom is 0.407 e. The third kappa shape index (κ3) is 4.83. The van der Waals surface area contributed by atoms with Crippen molar-refractivity contribution in [3.8, 4) is 0 Å². The zero-order valence-corrected chi connectivity index (χ0v) is 30.6. The molecule has 2 aliphatic heterocycles. The largest absolute Gasteiger partial charge is 0.446 e. The Morgan fingerprint density at radius 3 is 2.38 bits per heavy atom. The van der Waals surface area contributed by atoms with Crippen molar-refractivity contribution in [3.05, 3.63) is 0 Å². The van der Waals surface area contributed by atoms with Crippen molar-refractivity contribution in [2.45, 2.75) is 149 Å². The van der Waals surface area contributed by atoms with Crippen molar-refractivity contribution in [1.82, 2.24) is 10.2 Å². The number of alkyl halides is 2. The molecule has 48 heavy (non-hydrogen) atoms. The first kappa shape index (κ1) is 35.3. The molecule has 274 valence electrons. The Morgan fingerprint density at radius 2 is 1.73 bits per heavy atom. The van der Waals surface area contributed by atoms with Gasteiger partial charge in [-0.25, -0.2) is 13.6 Å². The molecule has 0 aromatic carbocycles. The lowest BCUT2D eigenvalue weighted by molar-refractivity contribution is -0.215. The number of ether oxygens (including phenoxy) is 3.